The van der Waals surface area contributed by atoms with Crippen molar-refractivity contribution in [2.24, 2.45) is 4.99 Å². The molecule has 0 saturated heterocycles. The minimum Gasteiger partial charge on any atom is -0.326 e. The van der Waals surface area contributed by atoms with E-state index < -0.39 is 0 Å². The average Bonchev–Trinajstić information content (AvgIpc) is 2.84. The van der Waals surface area contributed by atoms with E-state index in [1.54, 1.807) is 36.4 Å². The number of rotatable bonds is 2. The summed E-state index contributed by atoms with van der Waals surface area (Å²) in [4.78, 5) is 16.2. The normalized spacial score (nSPS) is 15.6. The molecule has 0 unspecified atom stereocenters. The highest BCUT2D eigenvalue weighted by Crippen LogP contribution is 2.20. The highest BCUT2D eigenvalue weighted by Gasteiger charge is 2.20. The van der Waals surface area contributed by atoms with E-state index in [1.165, 1.54) is 0 Å². The molecule has 1 amide bonds. The van der Waals surface area contributed by atoms with Crippen molar-refractivity contribution in [2.45, 2.75) is 0 Å². The van der Waals surface area contributed by atoms with Crippen molar-refractivity contribution in [2.75, 3.05) is 5.32 Å². The highest BCUT2D eigenvalue weighted by atomic mass is 35.5. The predicted octanol–water partition coefficient (Wildman–Crippen LogP) is 3.93. The zero-order valence-corrected chi connectivity index (χ0v) is 12.8. The molecule has 4 nitrogen and oxygen atoms in total. The van der Waals surface area contributed by atoms with Gasteiger partial charge in [-0.25, -0.2) is 4.99 Å². The predicted molar refractivity (Wildman–Crippen MR) is 90.1 cm³/mol. The zero-order chi connectivity index (χ0) is 15.5. The first kappa shape index (κ1) is 14.6. The molecule has 0 spiro atoms. The van der Waals surface area contributed by atoms with Crippen molar-refractivity contribution in [1.82, 2.24) is 5.32 Å². The van der Waals surface area contributed by atoms with Gasteiger partial charge in [-0.15, -0.1) is 0 Å². The summed E-state index contributed by atoms with van der Waals surface area (Å²) < 4.78 is 0. The lowest BCUT2D eigenvalue weighted by atomic mass is 10.2. The third kappa shape index (κ3) is 3.30. The fraction of sp³-hybridized carbons (Fsp3) is 0. The van der Waals surface area contributed by atoms with E-state index in [1.807, 2.05) is 18.2 Å². The van der Waals surface area contributed by atoms with Crippen LogP contribution in [0.4, 0.5) is 5.69 Å². The van der Waals surface area contributed by atoms with Crippen LogP contribution >= 0.6 is 23.2 Å². The molecule has 1 aliphatic heterocycles. The van der Waals surface area contributed by atoms with E-state index in [9.17, 15) is 4.79 Å². The van der Waals surface area contributed by atoms with Crippen molar-refractivity contribution in [3.8, 4) is 0 Å². The quantitative estimate of drug-likeness (QED) is 0.819. The summed E-state index contributed by atoms with van der Waals surface area (Å²) in [5, 5.41) is 6.88. The van der Waals surface area contributed by atoms with Crippen LogP contribution < -0.4 is 10.6 Å². The van der Waals surface area contributed by atoms with Gasteiger partial charge in [0.1, 0.15) is 5.70 Å². The first-order valence-electron chi connectivity index (χ1n) is 6.51. The fourth-order valence-corrected chi connectivity index (χ4v) is 2.25. The molecule has 0 saturated carbocycles. The van der Waals surface area contributed by atoms with E-state index in [0.717, 1.165) is 11.3 Å². The highest BCUT2D eigenvalue weighted by molar-refractivity contribution is 6.32. The molecule has 1 heterocycles. The Kier molecular flexibility index (Phi) is 4.13. The maximum Gasteiger partial charge on any atom is 0.276 e. The monoisotopic (exact) mass is 331 g/mol. The van der Waals surface area contributed by atoms with Crippen LogP contribution in [0.2, 0.25) is 10.0 Å². The molecular weight excluding hydrogens is 321 g/mol. The van der Waals surface area contributed by atoms with E-state index >= 15 is 0 Å². The van der Waals surface area contributed by atoms with Gasteiger partial charge in [-0.2, -0.15) is 0 Å². The number of benzene rings is 2. The molecule has 3 rings (SSSR count). The number of halogens is 2. The van der Waals surface area contributed by atoms with Gasteiger partial charge >= 0.3 is 0 Å². The summed E-state index contributed by atoms with van der Waals surface area (Å²) in [6.07, 6.45) is 1.65. The molecule has 0 bridgehead atoms. The molecule has 110 valence electrons. The fourth-order valence-electron chi connectivity index (χ4n) is 1.94. The van der Waals surface area contributed by atoms with Gasteiger partial charge in [0, 0.05) is 15.7 Å². The maximum absolute atomic E-state index is 11.9. The number of hydrogen-bond acceptors (Lipinski definition) is 3. The number of nitrogens with zero attached hydrogens (tertiary/aromatic N) is 1. The van der Waals surface area contributed by atoms with Crippen LogP contribution in [0.1, 0.15) is 5.56 Å². The maximum atomic E-state index is 11.9. The van der Waals surface area contributed by atoms with Crippen LogP contribution in [0.15, 0.2) is 59.2 Å². The van der Waals surface area contributed by atoms with Crippen LogP contribution in [0.5, 0.6) is 0 Å². The van der Waals surface area contributed by atoms with Gasteiger partial charge < -0.3 is 5.32 Å². The molecule has 2 aromatic rings. The first-order chi connectivity index (χ1) is 10.6. The summed E-state index contributed by atoms with van der Waals surface area (Å²) in [7, 11) is 0. The van der Waals surface area contributed by atoms with E-state index in [4.69, 9.17) is 23.2 Å². The summed E-state index contributed by atoms with van der Waals surface area (Å²) in [5.74, 6) is 0.0852. The number of nitrogens with one attached hydrogen (secondary N) is 2. The Balaban J connectivity index is 1.82. The second-order valence-corrected chi connectivity index (χ2v) is 5.44. The topological polar surface area (TPSA) is 53.5 Å². The smallest absolute Gasteiger partial charge is 0.276 e. The van der Waals surface area contributed by atoms with Crippen molar-refractivity contribution in [1.29, 1.82) is 0 Å². The van der Waals surface area contributed by atoms with Crippen LogP contribution in [0, 0.1) is 0 Å². The molecular formula is C16H11Cl2N3O. The molecule has 1 aliphatic rings. The Morgan fingerprint density at radius 3 is 2.50 bits per heavy atom. The SMILES string of the molecule is O=C1NC(Nc2ccc(Cl)cc2)=N/C1=C\c1ccccc1Cl. The lowest BCUT2D eigenvalue weighted by Gasteiger charge is -2.04. The number of amides is 1. The Labute approximate surface area is 137 Å². The molecule has 2 N–H and O–H groups in total. The van der Waals surface area contributed by atoms with Crippen LogP contribution in [0.3, 0.4) is 0 Å². The summed E-state index contributed by atoms with van der Waals surface area (Å²) in [5.41, 5.74) is 1.82. The number of guanidine groups is 1. The Morgan fingerprint density at radius 1 is 1.05 bits per heavy atom. The molecule has 0 radical (unpaired) electrons. The second kappa shape index (κ2) is 6.22. The van der Waals surface area contributed by atoms with Gasteiger partial charge in [0.15, 0.2) is 0 Å². The molecule has 0 atom stereocenters. The summed E-state index contributed by atoms with van der Waals surface area (Å²) >= 11 is 11.9. The first-order valence-corrected chi connectivity index (χ1v) is 7.26. The Bertz CT molecular complexity index is 782. The molecule has 0 fully saturated rings. The van der Waals surface area contributed by atoms with Crippen LogP contribution in [-0.2, 0) is 4.79 Å². The Hall–Kier alpha value is -2.30. The number of carbonyl (C=O) groups excluding carboxylic acids is 1. The van der Waals surface area contributed by atoms with E-state index in [2.05, 4.69) is 15.6 Å². The van der Waals surface area contributed by atoms with Gasteiger partial charge in [0.2, 0.25) is 5.96 Å². The third-order valence-corrected chi connectivity index (χ3v) is 3.60. The van der Waals surface area contributed by atoms with Crippen molar-refractivity contribution in [3.63, 3.8) is 0 Å². The minimum atomic E-state index is -0.281. The molecule has 22 heavy (non-hydrogen) atoms. The summed E-state index contributed by atoms with van der Waals surface area (Å²) in [6.45, 7) is 0. The van der Waals surface area contributed by atoms with Gasteiger partial charge in [0.05, 0.1) is 0 Å². The zero-order valence-electron chi connectivity index (χ0n) is 11.3. The summed E-state index contributed by atoms with van der Waals surface area (Å²) in [6, 6.07) is 14.4. The van der Waals surface area contributed by atoms with Gasteiger partial charge in [-0.1, -0.05) is 41.4 Å². The van der Waals surface area contributed by atoms with Gasteiger partial charge in [-0.3, -0.25) is 10.1 Å². The second-order valence-electron chi connectivity index (χ2n) is 4.60. The Morgan fingerprint density at radius 2 is 1.77 bits per heavy atom. The molecule has 0 aliphatic carbocycles. The average molecular weight is 332 g/mol. The molecule has 0 aromatic heterocycles. The minimum absolute atomic E-state index is 0.281. The lowest BCUT2D eigenvalue weighted by Crippen LogP contribution is -2.29. The van der Waals surface area contributed by atoms with Gasteiger partial charge in [-0.05, 0) is 42.0 Å². The van der Waals surface area contributed by atoms with Crippen molar-refractivity contribution >= 4 is 46.8 Å². The van der Waals surface area contributed by atoms with E-state index in [-0.39, 0.29) is 5.91 Å². The number of anilines is 1. The largest absolute Gasteiger partial charge is 0.326 e. The molecule has 2 aromatic carbocycles. The van der Waals surface area contributed by atoms with Crippen molar-refractivity contribution in [3.05, 3.63) is 69.8 Å². The number of aliphatic imine (C=N–C) groups is 1. The van der Waals surface area contributed by atoms with Crippen LogP contribution in [0.25, 0.3) is 6.08 Å². The third-order valence-electron chi connectivity index (χ3n) is 3.00. The van der Waals surface area contributed by atoms with E-state index in [0.29, 0.717) is 21.7 Å². The van der Waals surface area contributed by atoms with Crippen molar-refractivity contribution < 1.29 is 4.79 Å². The number of carbonyl (C=O) groups is 1. The molecule has 6 heteroatoms. The lowest BCUT2D eigenvalue weighted by molar-refractivity contribution is -0.115. The van der Waals surface area contributed by atoms with Gasteiger partial charge in [0.25, 0.3) is 5.91 Å². The standard InChI is InChI=1S/C16H11Cl2N3O/c17-11-5-7-12(8-6-11)19-16-20-14(15(22)21-16)9-10-3-1-2-4-13(10)18/h1-9H,(H2,19,20,21,22)/b14-9-. The number of hydrogen-bond donors (Lipinski definition) is 2. The van der Waals surface area contributed by atoms with Crippen LogP contribution in [-0.4, -0.2) is 11.9 Å².